The molecule has 1 aliphatic carbocycles. The van der Waals surface area contributed by atoms with Crippen LogP contribution in [0.5, 0.6) is 0 Å². The van der Waals surface area contributed by atoms with Crippen LogP contribution in [-0.2, 0) is 6.54 Å². The number of hydrogen-bond acceptors (Lipinski definition) is 3. The minimum Gasteiger partial charge on any atom is -0.346 e. The fourth-order valence-corrected chi connectivity index (χ4v) is 4.20. The van der Waals surface area contributed by atoms with Crippen LogP contribution in [0.3, 0.4) is 0 Å². The summed E-state index contributed by atoms with van der Waals surface area (Å²) in [6.45, 7) is 0.683. The summed E-state index contributed by atoms with van der Waals surface area (Å²) < 4.78 is 0. The van der Waals surface area contributed by atoms with Crippen molar-refractivity contribution < 1.29 is 4.79 Å². The second-order valence-electron chi connectivity index (χ2n) is 7.49. The van der Waals surface area contributed by atoms with E-state index in [4.69, 9.17) is 23.2 Å². The monoisotopic (exact) mass is 427 g/mol. The number of amides is 1. The second kappa shape index (κ2) is 9.12. The number of rotatable bonds is 5. The zero-order valence-electron chi connectivity index (χ0n) is 16.0. The van der Waals surface area contributed by atoms with Crippen molar-refractivity contribution in [1.29, 1.82) is 0 Å². The molecule has 1 heterocycles. The van der Waals surface area contributed by atoms with Crippen molar-refractivity contribution in [3.63, 3.8) is 0 Å². The van der Waals surface area contributed by atoms with E-state index in [9.17, 15) is 4.79 Å². The van der Waals surface area contributed by atoms with Crippen molar-refractivity contribution in [1.82, 2.24) is 15.6 Å². The molecule has 6 heteroatoms. The van der Waals surface area contributed by atoms with Gasteiger partial charge in [0, 0.05) is 24.0 Å². The molecule has 1 amide bonds. The second-order valence-corrected chi connectivity index (χ2v) is 8.30. The molecule has 0 bridgehead atoms. The molecule has 0 radical (unpaired) electrons. The summed E-state index contributed by atoms with van der Waals surface area (Å²) in [4.78, 5) is 17.3. The normalized spacial score (nSPS) is 19.2. The highest BCUT2D eigenvalue weighted by molar-refractivity contribution is 6.42. The van der Waals surface area contributed by atoms with E-state index < -0.39 is 0 Å². The molecule has 4 nitrogen and oxygen atoms in total. The third-order valence-corrected chi connectivity index (χ3v) is 6.20. The Hall–Kier alpha value is -2.14. The van der Waals surface area contributed by atoms with E-state index in [-0.39, 0.29) is 18.0 Å². The first-order valence-corrected chi connectivity index (χ1v) is 10.7. The minimum absolute atomic E-state index is 0.0762. The molecule has 1 aromatic heterocycles. The summed E-state index contributed by atoms with van der Waals surface area (Å²) in [5, 5.41) is 8.92. The number of carbonyl (C=O) groups excluding carboxylic acids is 1. The largest absolute Gasteiger partial charge is 0.346 e. The molecule has 29 heavy (non-hydrogen) atoms. The van der Waals surface area contributed by atoms with E-state index in [1.54, 1.807) is 6.07 Å². The molecule has 2 N–H and O–H groups in total. The fourth-order valence-electron chi connectivity index (χ4n) is 3.88. The Morgan fingerprint density at radius 3 is 2.59 bits per heavy atom. The molecule has 0 saturated heterocycles. The van der Waals surface area contributed by atoms with Crippen molar-refractivity contribution in [3.8, 4) is 0 Å². The van der Waals surface area contributed by atoms with Gasteiger partial charge in [-0.2, -0.15) is 0 Å². The van der Waals surface area contributed by atoms with Crippen LogP contribution in [0.4, 0.5) is 0 Å². The number of halogens is 2. The lowest BCUT2D eigenvalue weighted by Crippen LogP contribution is -2.51. The van der Waals surface area contributed by atoms with Gasteiger partial charge in [-0.3, -0.25) is 4.79 Å². The van der Waals surface area contributed by atoms with Gasteiger partial charge >= 0.3 is 0 Å². The molecule has 1 saturated carbocycles. The third-order valence-electron chi connectivity index (χ3n) is 5.47. The number of para-hydroxylation sites is 1. The van der Waals surface area contributed by atoms with Crippen molar-refractivity contribution in [2.24, 2.45) is 0 Å². The number of carbonyl (C=O) groups is 1. The predicted molar refractivity (Wildman–Crippen MR) is 119 cm³/mol. The van der Waals surface area contributed by atoms with Gasteiger partial charge in [-0.15, -0.1) is 0 Å². The van der Waals surface area contributed by atoms with E-state index in [0.29, 0.717) is 22.3 Å². The van der Waals surface area contributed by atoms with Crippen LogP contribution in [0.25, 0.3) is 10.9 Å². The van der Waals surface area contributed by atoms with E-state index in [1.165, 1.54) is 0 Å². The molecular weight excluding hydrogens is 405 g/mol. The maximum absolute atomic E-state index is 12.8. The standard InChI is InChI=1S/C23H23Cl2N3O/c24-17-11-9-15(13-18(17)25)14-26-20-7-3-4-8-21(20)28-23(29)22-12-10-16-5-1-2-6-19(16)27-22/h1-2,5-6,9-13,20-21,26H,3-4,7-8,14H2,(H,28,29)/t20-,21+/m0/s1. The Balaban J connectivity index is 1.42. The number of aromatic nitrogens is 1. The first-order chi connectivity index (χ1) is 14.1. The van der Waals surface area contributed by atoms with E-state index in [1.807, 2.05) is 48.5 Å². The minimum atomic E-state index is -0.121. The van der Waals surface area contributed by atoms with Gasteiger partial charge in [0.2, 0.25) is 0 Å². The van der Waals surface area contributed by atoms with Crippen LogP contribution in [-0.4, -0.2) is 23.0 Å². The molecule has 2 aromatic carbocycles. The topological polar surface area (TPSA) is 54.0 Å². The smallest absolute Gasteiger partial charge is 0.270 e. The van der Waals surface area contributed by atoms with Crippen LogP contribution in [0.2, 0.25) is 10.0 Å². The molecular formula is C23H23Cl2N3O. The van der Waals surface area contributed by atoms with Crippen LogP contribution in [0.15, 0.2) is 54.6 Å². The Bertz CT molecular complexity index is 1020. The number of nitrogens with one attached hydrogen (secondary N) is 2. The van der Waals surface area contributed by atoms with Gasteiger partial charge in [-0.25, -0.2) is 4.98 Å². The summed E-state index contributed by atoms with van der Waals surface area (Å²) in [6.07, 6.45) is 4.25. The Labute approximate surface area is 180 Å². The highest BCUT2D eigenvalue weighted by Crippen LogP contribution is 2.24. The SMILES string of the molecule is O=C(N[C@@H]1CCCC[C@@H]1NCc1ccc(Cl)c(Cl)c1)c1ccc2ccccc2n1. The summed E-state index contributed by atoms with van der Waals surface area (Å²) in [7, 11) is 0. The van der Waals surface area contributed by atoms with Gasteiger partial charge in [0.25, 0.3) is 5.91 Å². The Morgan fingerprint density at radius 1 is 0.966 bits per heavy atom. The van der Waals surface area contributed by atoms with Crippen molar-refractivity contribution >= 4 is 40.0 Å². The summed E-state index contributed by atoms with van der Waals surface area (Å²) in [5.74, 6) is -0.121. The van der Waals surface area contributed by atoms with Crippen molar-refractivity contribution in [2.45, 2.75) is 44.3 Å². The fraction of sp³-hybridized carbons (Fsp3) is 0.304. The van der Waals surface area contributed by atoms with Crippen molar-refractivity contribution in [3.05, 3.63) is 75.9 Å². The zero-order valence-corrected chi connectivity index (χ0v) is 17.5. The molecule has 0 spiro atoms. The van der Waals surface area contributed by atoms with Gasteiger partial charge < -0.3 is 10.6 Å². The lowest BCUT2D eigenvalue weighted by Gasteiger charge is -2.33. The molecule has 3 aromatic rings. The zero-order chi connectivity index (χ0) is 20.2. The number of hydrogen-bond donors (Lipinski definition) is 2. The molecule has 2 atom stereocenters. The number of pyridine rings is 1. The number of benzene rings is 2. The average Bonchev–Trinajstić information content (AvgIpc) is 2.75. The first kappa shape index (κ1) is 20.1. The first-order valence-electron chi connectivity index (χ1n) is 9.94. The molecule has 1 fully saturated rings. The van der Waals surface area contributed by atoms with Gasteiger partial charge in [-0.1, -0.05) is 66.4 Å². The molecule has 0 aliphatic heterocycles. The quantitative estimate of drug-likeness (QED) is 0.574. The Morgan fingerprint density at radius 2 is 1.76 bits per heavy atom. The van der Waals surface area contributed by atoms with E-state index in [0.717, 1.165) is 42.1 Å². The van der Waals surface area contributed by atoms with Gasteiger partial charge in [0.15, 0.2) is 0 Å². The maximum Gasteiger partial charge on any atom is 0.270 e. The number of nitrogens with zero attached hydrogens (tertiary/aromatic N) is 1. The average molecular weight is 428 g/mol. The van der Waals surface area contributed by atoms with Crippen LogP contribution >= 0.6 is 23.2 Å². The molecule has 0 unspecified atom stereocenters. The van der Waals surface area contributed by atoms with Gasteiger partial charge in [0.1, 0.15) is 5.69 Å². The lowest BCUT2D eigenvalue weighted by molar-refractivity contribution is 0.0910. The number of fused-ring (bicyclic) bond motifs is 1. The predicted octanol–water partition coefficient (Wildman–Crippen LogP) is 5.37. The third kappa shape index (κ3) is 4.89. The summed E-state index contributed by atoms with van der Waals surface area (Å²) >= 11 is 12.1. The van der Waals surface area contributed by atoms with Gasteiger partial charge in [-0.05, 0) is 42.7 Å². The summed E-state index contributed by atoms with van der Waals surface area (Å²) in [6, 6.07) is 17.5. The summed E-state index contributed by atoms with van der Waals surface area (Å²) in [5.41, 5.74) is 2.36. The van der Waals surface area contributed by atoms with Gasteiger partial charge in [0.05, 0.1) is 15.6 Å². The van der Waals surface area contributed by atoms with E-state index >= 15 is 0 Å². The van der Waals surface area contributed by atoms with Crippen molar-refractivity contribution in [2.75, 3.05) is 0 Å². The molecule has 1 aliphatic rings. The van der Waals surface area contributed by atoms with Crippen LogP contribution in [0, 0.1) is 0 Å². The molecule has 4 rings (SSSR count). The van der Waals surface area contributed by atoms with Crippen LogP contribution < -0.4 is 10.6 Å². The maximum atomic E-state index is 12.8. The highest BCUT2D eigenvalue weighted by Gasteiger charge is 2.26. The molecule has 150 valence electrons. The highest BCUT2D eigenvalue weighted by atomic mass is 35.5. The lowest BCUT2D eigenvalue weighted by atomic mass is 9.90. The van der Waals surface area contributed by atoms with Crippen LogP contribution in [0.1, 0.15) is 41.7 Å². The Kier molecular flexibility index (Phi) is 6.34. The van der Waals surface area contributed by atoms with E-state index in [2.05, 4.69) is 15.6 Å².